The van der Waals surface area contributed by atoms with E-state index in [4.69, 9.17) is 10.3 Å². The number of rotatable bonds is 2. The lowest BCUT2D eigenvalue weighted by Gasteiger charge is -2.14. The number of nitrogens with zero attached hydrogens (tertiary/aromatic N) is 1. The topological polar surface area (TPSA) is 52.0 Å². The molecule has 4 heteroatoms. The fourth-order valence-electron chi connectivity index (χ4n) is 1.47. The summed E-state index contributed by atoms with van der Waals surface area (Å²) in [4.78, 5) is 0. The maximum atomic E-state index is 13.8. The standard InChI is InChI=1S/C12H13FN2O/c1-12(2,13)9-5-3-4-8(6-9)10-7-11(14)15-16-10/h3-7H,1-2H3,(H2,14,15). The third kappa shape index (κ3) is 2.05. The molecule has 0 atom stereocenters. The summed E-state index contributed by atoms with van der Waals surface area (Å²) >= 11 is 0. The lowest BCUT2D eigenvalue weighted by molar-refractivity contribution is 0.221. The van der Waals surface area contributed by atoms with Gasteiger partial charge >= 0.3 is 0 Å². The summed E-state index contributed by atoms with van der Waals surface area (Å²) in [6.07, 6.45) is 0. The maximum Gasteiger partial charge on any atom is 0.169 e. The van der Waals surface area contributed by atoms with Crippen LogP contribution in [0.2, 0.25) is 0 Å². The molecule has 2 rings (SSSR count). The minimum atomic E-state index is -1.37. The fraction of sp³-hybridized carbons (Fsp3) is 0.250. The Morgan fingerprint density at radius 2 is 2.06 bits per heavy atom. The van der Waals surface area contributed by atoms with Crippen molar-refractivity contribution in [2.45, 2.75) is 19.5 Å². The quantitative estimate of drug-likeness (QED) is 0.845. The molecule has 0 fully saturated rings. The van der Waals surface area contributed by atoms with Crippen LogP contribution in [0.3, 0.4) is 0 Å². The van der Waals surface area contributed by atoms with Gasteiger partial charge in [0.2, 0.25) is 0 Å². The van der Waals surface area contributed by atoms with Crippen LogP contribution in [0.25, 0.3) is 11.3 Å². The van der Waals surface area contributed by atoms with Gasteiger partial charge in [-0.1, -0.05) is 23.4 Å². The molecule has 0 aliphatic rings. The second-order valence-corrected chi connectivity index (χ2v) is 4.17. The van der Waals surface area contributed by atoms with Crippen molar-refractivity contribution in [3.05, 3.63) is 35.9 Å². The zero-order chi connectivity index (χ0) is 11.8. The van der Waals surface area contributed by atoms with E-state index in [1.165, 1.54) is 13.8 Å². The molecule has 0 bridgehead atoms. The van der Waals surface area contributed by atoms with E-state index in [1.807, 2.05) is 6.07 Å². The predicted molar refractivity (Wildman–Crippen MR) is 60.5 cm³/mol. The summed E-state index contributed by atoms with van der Waals surface area (Å²) in [5.74, 6) is 0.864. The minimum absolute atomic E-state index is 0.319. The van der Waals surface area contributed by atoms with Gasteiger partial charge in [-0.05, 0) is 25.5 Å². The van der Waals surface area contributed by atoms with Crippen LogP contribution in [-0.2, 0) is 5.67 Å². The average Bonchev–Trinajstić information content (AvgIpc) is 2.64. The van der Waals surface area contributed by atoms with Gasteiger partial charge < -0.3 is 10.3 Å². The van der Waals surface area contributed by atoms with Crippen LogP contribution in [0.5, 0.6) is 0 Å². The largest absolute Gasteiger partial charge is 0.381 e. The zero-order valence-corrected chi connectivity index (χ0v) is 9.20. The molecule has 0 aliphatic heterocycles. The van der Waals surface area contributed by atoms with Gasteiger partial charge in [0.15, 0.2) is 11.6 Å². The monoisotopic (exact) mass is 220 g/mol. The van der Waals surface area contributed by atoms with E-state index < -0.39 is 5.67 Å². The van der Waals surface area contributed by atoms with Crippen molar-refractivity contribution in [1.82, 2.24) is 5.16 Å². The molecule has 0 unspecified atom stereocenters. The highest BCUT2D eigenvalue weighted by molar-refractivity contribution is 5.61. The summed E-state index contributed by atoms with van der Waals surface area (Å²) in [6, 6.07) is 8.70. The summed E-state index contributed by atoms with van der Waals surface area (Å²) < 4.78 is 18.8. The molecule has 1 aromatic carbocycles. The number of halogens is 1. The molecule has 0 spiro atoms. The average molecular weight is 220 g/mol. The third-order valence-corrected chi connectivity index (χ3v) is 2.36. The molecule has 0 aliphatic carbocycles. The fourth-order valence-corrected chi connectivity index (χ4v) is 1.47. The van der Waals surface area contributed by atoms with Crippen molar-refractivity contribution in [1.29, 1.82) is 0 Å². The third-order valence-electron chi connectivity index (χ3n) is 2.36. The van der Waals surface area contributed by atoms with Crippen LogP contribution in [0.15, 0.2) is 34.9 Å². The van der Waals surface area contributed by atoms with E-state index in [0.29, 0.717) is 17.1 Å². The molecule has 0 radical (unpaired) electrons. The molecular formula is C12H13FN2O. The number of anilines is 1. The molecule has 3 nitrogen and oxygen atoms in total. The van der Waals surface area contributed by atoms with Crippen molar-refractivity contribution in [2.24, 2.45) is 0 Å². The molecule has 0 amide bonds. The van der Waals surface area contributed by atoms with Crippen molar-refractivity contribution in [2.75, 3.05) is 5.73 Å². The first kappa shape index (κ1) is 10.7. The van der Waals surface area contributed by atoms with Crippen LogP contribution in [-0.4, -0.2) is 5.16 Å². The van der Waals surface area contributed by atoms with Gasteiger partial charge in [0.25, 0.3) is 0 Å². The normalized spacial score (nSPS) is 11.7. The summed E-state index contributed by atoms with van der Waals surface area (Å²) in [7, 11) is 0. The van der Waals surface area contributed by atoms with Gasteiger partial charge in [-0.25, -0.2) is 4.39 Å². The zero-order valence-electron chi connectivity index (χ0n) is 9.20. The number of hydrogen-bond acceptors (Lipinski definition) is 3. The Balaban J connectivity index is 2.44. The highest BCUT2D eigenvalue weighted by Gasteiger charge is 2.19. The number of nitrogen functional groups attached to an aromatic ring is 1. The van der Waals surface area contributed by atoms with Crippen LogP contribution in [0.1, 0.15) is 19.4 Å². The second-order valence-electron chi connectivity index (χ2n) is 4.17. The Labute approximate surface area is 93.1 Å². The Hall–Kier alpha value is -1.84. The van der Waals surface area contributed by atoms with Crippen molar-refractivity contribution in [3.8, 4) is 11.3 Å². The molecule has 84 valence electrons. The molecular weight excluding hydrogens is 207 g/mol. The van der Waals surface area contributed by atoms with E-state index >= 15 is 0 Å². The lowest BCUT2D eigenvalue weighted by Crippen LogP contribution is -2.08. The summed E-state index contributed by atoms with van der Waals surface area (Å²) in [5.41, 5.74) is 5.46. The van der Waals surface area contributed by atoms with Crippen LogP contribution >= 0.6 is 0 Å². The predicted octanol–water partition coefficient (Wildman–Crippen LogP) is 3.13. The number of aromatic nitrogens is 1. The van der Waals surface area contributed by atoms with Crippen molar-refractivity contribution >= 4 is 5.82 Å². The first-order chi connectivity index (χ1) is 7.47. The van der Waals surface area contributed by atoms with Crippen molar-refractivity contribution < 1.29 is 8.91 Å². The van der Waals surface area contributed by atoms with Gasteiger partial charge in [0, 0.05) is 11.6 Å². The van der Waals surface area contributed by atoms with Gasteiger partial charge in [0.05, 0.1) is 0 Å². The van der Waals surface area contributed by atoms with Crippen molar-refractivity contribution in [3.63, 3.8) is 0 Å². The molecule has 16 heavy (non-hydrogen) atoms. The molecule has 2 aromatic rings. The first-order valence-electron chi connectivity index (χ1n) is 4.99. The highest BCUT2D eigenvalue weighted by Crippen LogP contribution is 2.29. The molecule has 0 saturated heterocycles. The van der Waals surface area contributed by atoms with E-state index in [-0.39, 0.29) is 0 Å². The van der Waals surface area contributed by atoms with Crippen LogP contribution in [0, 0.1) is 0 Å². The van der Waals surface area contributed by atoms with E-state index in [9.17, 15) is 4.39 Å². The molecule has 0 saturated carbocycles. The maximum absolute atomic E-state index is 13.8. The minimum Gasteiger partial charge on any atom is -0.381 e. The van der Waals surface area contributed by atoms with Gasteiger partial charge in [-0.15, -0.1) is 0 Å². The SMILES string of the molecule is CC(C)(F)c1cccc(-c2cc(N)no2)c1. The van der Waals surface area contributed by atoms with Crippen LogP contribution < -0.4 is 5.73 Å². The Morgan fingerprint density at radius 1 is 1.31 bits per heavy atom. The van der Waals surface area contributed by atoms with Crippen LogP contribution in [0.4, 0.5) is 10.2 Å². The second kappa shape index (κ2) is 3.63. The number of benzene rings is 1. The van der Waals surface area contributed by atoms with Gasteiger partial charge in [0.1, 0.15) is 5.67 Å². The Bertz CT molecular complexity index is 500. The van der Waals surface area contributed by atoms with E-state index in [2.05, 4.69) is 5.16 Å². The number of hydrogen-bond donors (Lipinski definition) is 1. The first-order valence-corrected chi connectivity index (χ1v) is 4.99. The Kier molecular flexibility index (Phi) is 2.42. The smallest absolute Gasteiger partial charge is 0.169 e. The van der Waals surface area contributed by atoms with E-state index in [1.54, 1.807) is 24.3 Å². The molecule has 1 heterocycles. The lowest BCUT2D eigenvalue weighted by atomic mass is 9.97. The van der Waals surface area contributed by atoms with E-state index in [0.717, 1.165) is 5.56 Å². The summed E-state index contributed by atoms with van der Waals surface area (Å²) in [6.45, 7) is 3.03. The van der Waals surface area contributed by atoms with Gasteiger partial charge in [-0.2, -0.15) is 0 Å². The molecule has 1 aromatic heterocycles. The number of nitrogens with two attached hydrogens (primary N) is 1. The molecule has 2 N–H and O–H groups in total. The van der Waals surface area contributed by atoms with Gasteiger partial charge in [-0.3, -0.25) is 0 Å². The Morgan fingerprint density at radius 3 is 2.62 bits per heavy atom. The highest BCUT2D eigenvalue weighted by atomic mass is 19.1. The summed E-state index contributed by atoms with van der Waals surface area (Å²) in [5, 5.41) is 3.59. The number of alkyl halides is 1.